The summed E-state index contributed by atoms with van der Waals surface area (Å²) in [5.74, 6) is 1.74. The van der Waals surface area contributed by atoms with Crippen LogP contribution in [0.4, 0.5) is 5.82 Å². The number of hydrogen-bond acceptors (Lipinski definition) is 7. The number of anilines is 1. The topological polar surface area (TPSA) is 84.6 Å². The van der Waals surface area contributed by atoms with Gasteiger partial charge < -0.3 is 14.5 Å². The van der Waals surface area contributed by atoms with E-state index in [1.807, 2.05) is 54.4 Å². The van der Waals surface area contributed by atoms with Gasteiger partial charge in [0.05, 0.1) is 5.56 Å². The maximum Gasteiger partial charge on any atom is 0.257 e. The molecule has 8 heteroatoms. The third kappa shape index (κ3) is 4.68. The van der Waals surface area contributed by atoms with Crippen molar-refractivity contribution in [3.63, 3.8) is 0 Å². The van der Waals surface area contributed by atoms with Crippen molar-refractivity contribution in [1.82, 2.24) is 20.2 Å². The molecule has 162 valence electrons. The van der Waals surface area contributed by atoms with Crippen LogP contribution in [0.3, 0.4) is 0 Å². The fourth-order valence-electron chi connectivity index (χ4n) is 3.83. The average molecular weight is 422 g/mol. The van der Waals surface area contributed by atoms with E-state index in [4.69, 9.17) is 9.37 Å². The average Bonchev–Trinajstić information content (AvgIpc) is 3.22. The Morgan fingerprint density at radius 1 is 1.26 bits per heavy atom. The van der Waals surface area contributed by atoms with Gasteiger partial charge >= 0.3 is 0 Å². The lowest BCUT2D eigenvalue weighted by Gasteiger charge is -2.33. The van der Waals surface area contributed by atoms with Gasteiger partial charge in [-0.2, -0.15) is 0 Å². The van der Waals surface area contributed by atoms with Crippen molar-refractivity contribution in [1.29, 1.82) is 0 Å². The number of ether oxygens (including phenoxy) is 1. The van der Waals surface area contributed by atoms with Gasteiger partial charge in [-0.15, -0.1) is 0 Å². The second-order valence-corrected chi connectivity index (χ2v) is 8.01. The lowest BCUT2D eigenvalue weighted by molar-refractivity contribution is 0.0702. The van der Waals surface area contributed by atoms with E-state index in [2.05, 4.69) is 27.4 Å². The Morgan fingerprint density at radius 2 is 2.10 bits per heavy atom. The number of amides is 1. The van der Waals surface area contributed by atoms with Crippen LogP contribution in [0.2, 0.25) is 0 Å². The summed E-state index contributed by atoms with van der Waals surface area (Å²) >= 11 is 0. The van der Waals surface area contributed by atoms with Crippen molar-refractivity contribution in [3.05, 3.63) is 65.1 Å². The highest BCUT2D eigenvalue weighted by Crippen LogP contribution is 2.30. The third-order valence-electron chi connectivity index (χ3n) is 5.64. The van der Waals surface area contributed by atoms with E-state index in [1.165, 1.54) is 5.56 Å². The minimum atomic E-state index is -0.0165. The maximum atomic E-state index is 13.4. The number of para-hydroxylation sites is 1. The largest absolute Gasteiger partial charge is 0.486 e. The van der Waals surface area contributed by atoms with E-state index in [0.29, 0.717) is 29.2 Å². The van der Waals surface area contributed by atoms with Gasteiger partial charge in [-0.25, -0.2) is 9.61 Å². The molecule has 2 aromatic heterocycles. The maximum absolute atomic E-state index is 13.4. The number of rotatable bonds is 6. The summed E-state index contributed by atoms with van der Waals surface area (Å²) in [6.45, 7) is 3.42. The number of nitrogens with zero attached hydrogens (tertiary/aromatic N) is 5. The third-order valence-corrected chi connectivity index (χ3v) is 5.64. The Hall–Kier alpha value is -3.42. The second-order valence-electron chi connectivity index (χ2n) is 8.01. The molecule has 0 unspecified atom stereocenters. The number of aryl methyl sites for hydroxylation is 1. The molecule has 0 bridgehead atoms. The molecule has 3 aromatic rings. The molecule has 1 aromatic carbocycles. The molecule has 0 radical (unpaired) electrons. The predicted molar refractivity (Wildman–Crippen MR) is 116 cm³/mol. The summed E-state index contributed by atoms with van der Waals surface area (Å²) in [6.07, 6.45) is 3.86. The van der Waals surface area contributed by atoms with Crippen molar-refractivity contribution in [3.8, 4) is 5.75 Å². The molecule has 1 saturated heterocycles. The second kappa shape index (κ2) is 9.16. The Bertz CT molecular complexity index is 1050. The van der Waals surface area contributed by atoms with E-state index >= 15 is 0 Å². The lowest BCUT2D eigenvalue weighted by Crippen LogP contribution is -2.39. The Kier molecular flexibility index (Phi) is 6.16. The van der Waals surface area contributed by atoms with Gasteiger partial charge in [0.25, 0.3) is 5.91 Å². The molecule has 1 aliphatic heterocycles. The van der Waals surface area contributed by atoms with Gasteiger partial charge in [0, 0.05) is 39.3 Å². The Labute approximate surface area is 181 Å². The number of benzene rings is 1. The number of carbonyl (C=O) groups is 1. The Balaban J connectivity index is 1.49. The summed E-state index contributed by atoms with van der Waals surface area (Å²) < 4.78 is 10.6. The molecule has 1 fully saturated rings. The van der Waals surface area contributed by atoms with Gasteiger partial charge in [-0.05, 0) is 49.6 Å². The summed E-state index contributed by atoms with van der Waals surface area (Å²) in [5.41, 5.74) is 3.07. The molecule has 1 amide bonds. The van der Waals surface area contributed by atoms with Crippen LogP contribution >= 0.6 is 0 Å². The van der Waals surface area contributed by atoms with Gasteiger partial charge in [-0.3, -0.25) is 4.79 Å². The van der Waals surface area contributed by atoms with E-state index in [9.17, 15) is 4.79 Å². The smallest absolute Gasteiger partial charge is 0.257 e. The zero-order chi connectivity index (χ0) is 21.8. The monoisotopic (exact) mass is 421 g/mol. The molecule has 1 aliphatic rings. The van der Waals surface area contributed by atoms with Crippen LogP contribution in [0, 0.1) is 6.92 Å². The fraction of sp³-hybridized carbons (Fsp3) is 0.391. The normalized spacial score (nSPS) is 16.2. The number of piperidine rings is 1. The minimum absolute atomic E-state index is 0.0165. The molecule has 1 atom stereocenters. The van der Waals surface area contributed by atoms with E-state index < -0.39 is 0 Å². The molecule has 3 heterocycles. The van der Waals surface area contributed by atoms with Crippen LogP contribution in [0.15, 0.2) is 47.2 Å². The van der Waals surface area contributed by atoms with Crippen LogP contribution in [0.5, 0.6) is 5.75 Å². The number of pyridine rings is 1. The van der Waals surface area contributed by atoms with Crippen LogP contribution < -0.4 is 9.64 Å². The molecule has 0 saturated carbocycles. The van der Waals surface area contributed by atoms with Crippen molar-refractivity contribution in [2.45, 2.75) is 32.3 Å². The molecular weight excluding hydrogens is 394 g/mol. The first-order valence-electron chi connectivity index (χ1n) is 10.5. The van der Waals surface area contributed by atoms with E-state index in [-0.39, 0.29) is 18.4 Å². The van der Waals surface area contributed by atoms with Crippen molar-refractivity contribution in [2.75, 3.05) is 32.1 Å². The van der Waals surface area contributed by atoms with Gasteiger partial charge in [0.15, 0.2) is 0 Å². The number of likely N-dealkylation sites (tertiary alicyclic amines) is 1. The zero-order valence-corrected chi connectivity index (χ0v) is 18.1. The molecule has 0 N–H and O–H groups in total. The highest BCUT2D eigenvalue weighted by atomic mass is 16.6. The number of aromatic nitrogens is 3. The highest BCUT2D eigenvalue weighted by molar-refractivity contribution is 5.97. The molecule has 31 heavy (non-hydrogen) atoms. The highest BCUT2D eigenvalue weighted by Gasteiger charge is 2.27. The molecule has 0 spiro atoms. The first-order chi connectivity index (χ1) is 15.0. The zero-order valence-electron chi connectivity index (χ0n) is 18.1. The first kappa shape index (κ1) is 20.8. The number of carbonyl (C=O) groups excluding carboxylic acids is 1. The van der Waals surface area contributed by atoms with Crippen LogP contribution in [-0.4, -0.2) is 53.3 Å². The van der Waals surface area contributed by atoms with Crippen LogP contribution in [0.1, 0.15) is 46.1 Å². The summed E-state index contributed by atoms with van der Waals surface area (Å²) in [4.78, 5) is 21.7. The summed E-state index contributed by atoms with van der Waals surface area (Å²) in [5, 5.41) is 7.61. The van der Waals surface area contributed by atoms with Crippen molar-refractivity contribution >= 4 is 11.7 Å². The van der Waals surface area contributed by atoms with Crippen molar-refractivity contribution in [2.24, 2.45) is 0 Å². The molecular formula is C23H27N5O3. The van der Waals surface area contributed by atoms with Gasteiger partial charge in [0.1, 0.15) is 29.6 Å². The van der Waals surface area contributed by atoms with Gasteiger partial charge in [0.2, 0.25) is 0 Å². The molecule has 4 rings (SSSR count). The lowest BCUT2D eigenvalue weighted by atomic mass is 9.90. The minimum Gasteiger partial charge on any atom is -0.486 e. The Morgan fingerprint density at radius 3 is 2.87 bits per heavy atom. The first-order valence-corrected chi connectivity index (χ1v) is 10.5. The van der Waals surface area contributed by atoms with Crippen molar-refractivity contribution < 1.29 is 14.2 Å². The summed E-state index contributed by atoms with van der Waals surface area (Å²) in [6, 6.07) is 11.5. The standard InChI is InChI=1S/C23H27N5O3/c1-16-20(26-31-25-16)15-30-21-9-5-4-8-19(21)23(29)28-12-6-7-18(14-28)17-10-11-24-22(13-17)27(2)3/h4-5,8-11,13,18H,6-7,12,14-15H2,1-3H3/t18-/m1/s1. The predicted octanol–water partition coefficient (Wildman–Crippen LogP) is 3.44. The summed E-state index contributed by atoms with van der Waals surface area (Å²) in [7, 11) is 3.96. The van der Waals surface area contributed by atoms with Crippen LogP contribution in [-0.2, 0) is 6.61 Å². The molecule has 8 nitrogen and oxygen atoms in total. The number of hydrogen-bond donors (Lipinski definition) is 0. The fourth-order valence-corrected chi connectivity index (χ4v) is 3.83. The van der Waals surface area contributed by atoms with Gasteiger partial charge in [-0.1, -0.05) is 22.4 Å². The van der Waals surface area contributed by atoms with E-state index in [1.54, 1.807) is 6.92 Å². The molecule has 0 aliphatic carbocycles. The van der Waals surface area contributed by atoms with Crippen LogP contribution in [0.25, 0.3) is 0 Å². The van der Waals surface area contributed by atoms with E-state index in [0.717, 1.165) is 25.2 Å². The quantitative estimate of drug-likeness (QED) is 0.603. The SMILES string of the molecule is Cc1nonc1COc1ccccc1C(=O)N1CCC[C@@H](c2ccnc(N(C)C)c2)C1.